The fourth-order valence-corrected chi connectivity index (χ4v) is 2.06. The first kappa shape index (κ1) is 13.7. The summed E-state index contributed by atoms with van der Waals surface area (Å²) in [5.74, 6) is -0.758. The molecule has 1 unspecified atom stereocenters. The van der Waals surface area contributed by atoms with Crippen molar-refractivity contribution in [2.75, 3.05) is 12.0 Å². The highest BCUT2D eigenvalue weighted by molar-refractivity contribution is 9.10. The largest absolute Gasteiger partial charge is 0.595 e. The molecule has 1 aliphatic rings. The van der Waals surface area contributed by atoms with Crippen LogP contribution in [0.2, 0.25) is 0 Å². The highest BCUT2D eigenvalue weighted by Gasteiger charge is 2.22. The van der Waals surface area contributed by atoms with E-state index < -0.39 is 5.23 Å². The van der Waals surface area contributed by atoms with Crippen molar-refractivity contribution >= 4 is 39.1 Å². The normalized spacial score (nSPS) is 16.1. The van der Waals surface area contributed by atoms with Gasteiger partial charge in [0.15, 0.2) is 5.69 Å². The summed E-state index contributed by atoms with van der Waals surface area (Å²) in [5, 5.41) is 21.5. The van der Waals surface area contributed by atoms with Crippen LogP contribution in [-0.2, 0) is 9.59 Å². The van der Waals surface area contributed by atoms with Gasteiger partial charge in [-0.25, -0.2) is 5.21 Å². The van der Waals surface area contributed by atoms with Gasteiger partial charge in [0.05, 0.1) is 12.4 Å². The summed E-state index contributed by atoms with van der Waals surface area (Å²) < 4.78 is 0.541. The highest BCUT2D eigenvalue weighted by Crippen LogP contribution is 2.24. The molecular weight excluding hydrogens is 318 g/mol. The smallest absolute Gasteiger partial charge is 0.255 e. The number of nitrogens with one attached hydrogen (secondary N) is 2. The molecule has 0 fully saturated rings. The van der Waals surface area contributed by atoms with E-state index in [0.29, 0.717) is 10.2 Å². The van der Waals surface area contributed by atoms with Gasteiger partial charge in [-0.1, -0.05) is 0 Å². The summed E-state index contributed by atoms with van der Waals surface area (Å²) in [6.07, 6.45) is 2.40. The van der Waals surface area contributed by atoms with E-state index >= 15 is 0 Å². The van der Waals surface area contributed by atoms with Crippen molar-refractivity contribution in [3.05, 3.63) is 40.0 Å². The number of halogens is 1. The monoisotopic (exact) mass is 327 g/mol. The van der Waals surface area contributed by atoms with E-state index in [2.05, 4.69) is 21.2 Å². The third-order valence-electron chi connectivity index (χ3n) is 2.54. The Morgan fingerprint density at radius 2 is 1.95 bits per heavy atom. The molecule has 2 rings (SSSR count). The number of benzene rings is 1. The van der Waals surface area contributed by atoms with Gasteiger partial charge in [-0.15, -0.1) is 0 Å². The second kappa shape index (κ2) is 5.49. The molecule has 8 heteroatoms. The Morgan fingerprint density at radius 1 is 1.32 bits per heavy atom. The molecular formula is C11H10BrN3O4. The number of rotatable bonds is 4. The summed E-state index contributed by atoms with van der Waals surface area (Å²) in [6.45, 7) is 0.0235. The Kier molecular flexibility index (Phi) is 3.96. The zero-order valence-electron chi connectivity index (χ0n) is 9.59. The van der Waals surface area contributed by atoms with Gasteiger partial charge in [0.2, 0.25) is 0 Å². The van der Waals surface area contributed by atoms with Crippen molar-refractivity contribution in [1.29, 1.82) is 0 Å². The average Bonchev–Trinajstić information content (AvgIpc) is 2.68. The summed E-state index contributed by atoms with van der Waals surface area (Å²) in [5.41, 5.74) is 0.741. The quantitative estimate of drug-likeness (QED) is 0.540. The van der Waals surface area contributed by atoms with E-state index in [0.717, 1.165) is 4.90 Å². The molecule has 1 aromatic carbocycles. The molecule has 0 saturated heterocycles. The van der Waals surface area contributed by atoms with E-state index in [4.69, 9.17) is 5.21 Å². The number of nitrogens with zero attached hydrogens (tertiary/aromatic N) is 1. The van der Waals surface area contributed by atoms with Crippen molar-refractivity contribution in [1.82, 2.24) is 4.90 Å². The first-order valence-corrected chi connectivity index (χ1v) is 6.08. The Labute approximate surface area is 116 Å². The number of quaternary nitrogens is 1. The van der Waals surface area contributed by atoms with Crippen LogP contribution in [0.1, 0.15) is 0 Å². The van der Waals surface area contributed by atoms with Gasteiger partial charge in [0, 0.05) is 28.8 Å². The average molecular weight is 328 g/mol. The number of hydrogen-bond acceptors (Lipinski definition) is 5. The Morgan fingerprint density at radius 3 is 2.47 bits per heavy atom. The van der Waals surface area contributed by atoms with Crippen LogP contribution in [0, 0.1) is 5.21 Å². The summed E-state index contributed by atoms with van der Waals surface area (Å²) in [4.78, 5) is 23.7. The fraction of sp³-hybridized carbons (Fsp3) is 0.0909. The Balaban J connectivity index is 2.04. The van der Waals surface area contributed by atoms with E-state index in [1.165, 1.54) is 24.3 Å². The van der Waals surface area contributed by atoms with Gasteiger partial charge in [-0.3, -0.25) is 14.5 Å². The number of carbonyl (C=O) groups excluding carboxylic acids is 2. The van der Waals surface area contributed by atoms with E-state index in [1.54, 1.807) is 6.07 Å². The van der Waals surface area contributed by atoms with Crippen molar-refractivity contribution in [2.45, 2.75) is 0 Å². The maximum Gasteiger partial charge on any atom is 0.255 e. The van der Waals surface area contributed by atoms with Gasteiger partial charge < -0.3 is 10.5 Å². The number of imide groups is 1. The second-order valence-corrected chi connectivity index (χ2v) is 4.63. The van der Waals surface area contributed by atoms with E-state index in [1.807, 2.05) is 0 Å². The number of anilines is 1. The maximum atomic E-state index is 11.3. The molecule has 2 amide bonds. The minimum Gasteiger partial charge on any atom is -0.595 e. The van der Waals surface area contributed by atoms with Crippen molar-refractivity contribution < 1.29 is 20.0 Å². The van der Waals surface area contributed by atoms with Crippen LogP contribution in [0.4, 0.5) is 11.4 Å². The molecule has 19 heavy (non-hydrogen) atoms. The summed E-state index contributed by atoms with van der Waals surface area (Å²) in [6, 6.07) is 4.43. The predicted octanol–water partition coefficient (Wildman–Crippen LogP) is 0.147. The van der Waals surface area contributed by atoms with E-state index in [-0.39, 0.29) is 24.2 Å². The second-order valence-electron chi connectivity index (χ2n) is 3.77. The predicted molar refractivity (Wildman–Crippen MR) is 69.4 cm³/mol. The molecule has 1 aliphatic heterocycles. The maximum absolute atomic E-state index is 11.3. The molecule has 1 aromatic rings. The molecule has 0 aromatic heterocycles. The van der Waals surface area contributed by atoms with Crippen LogP contribution in [-0.4, -0.2) is 28.6 Å². The Bertz CT molecular complexity index is 541. The lowest BCUT2D eigenvalue weighted by Gasteiger charge is -2.17. The minimum absolute atomic E-state index is 0.0235. The lowest BCUT2D eigenvalue weighted by atomic mass is 10.3. The number of carbonyl (C=O) groups is 2. The lowest BCUT2D eigenvalue weighted by molar-refractivity contribution is -0.991. The van der Waals surface area contributed by atoms with Gasteiger partial charge in [0.25, 0.3) is 11.8 Å². The molecule has 1 atom stereocenters. The molecule has 100 valence electrons. The van der Waals surface area contributed by atoms with Crippen LogP contribution in [0.5, 0.6) is 0 Å². The van der Waals surface area contributed by atoms with Gasteiger partial charge in [-0.2, -0.15) is 5.23 Å². The van der Waals surface area contributed by atoms with Crippen LogP contribution < -0.4 is 10.5 Å². The third-order valence-corrected chi connectivity index (χ3v) is 3.20. The zero-order valence-corrected chi connectivity index (χ0v) is 11.2. The SMILES string of the molecule is O=C1C=CC(=O)N1CNc1ccc([NH+]([O-])O)cc1Br. The lowest BCUT2D eigenvalue weighted by Crippen LogP contribution is -2.99. The summed E-state index contributed by atoms with van der Waals surface area (Å²) in [7, 11) is 0. The molecule has 0 radical (unpaired) electrons. The fourth-order valence-electron chi connectivity index (χ4n) is 1.54. The minimum atomic E-state index is -1.03. The van der Waals surface area contributed by atoms with Crippen LogP contribution in [0.25, 0.3) is 0 Å². The molecule has 0 aliphatic carbocycles. The van der Waals surface area contributed by atoms with Crippen LogP contribution in [0.15, 0.2) is 34.8 Å². The molecule has 0 saturated carbocycles. The molecule has 0 bridgehead atoms. The van der Waals surface area contributed by atoms with Crippen molar-refractivity contribution in [3.8, 4) is 0 Å². The topological polar surface area (TPSA) is 97.1 Å². The van der Waals surface area contributed by atoms with Crippen molar-refractivity contribution in [3.63, 3.8) is 0 Å². The molecule has 1 heterocycles. The van der Waals surface area contributed by atoms with Crippen LogP contribution in [0.3, 0.4) is 0 Å². The number of hydrogen-bond donors (Lipinski definition) is 3. The van der Waals surface area contributed by atoms with Gasteiger partial charge >= 0.3 is 0 Å². The third kappa shape index (κ3) is 2.99. The first-order chi connectivity index (χ1) is 8.99. The van der Waals surface area contributed by atoms with Gasteiger partial charge in [0.1, 0.15) is 0 Å². The van der Waals surface area contributed by atoms with E-state index in [9.17, 15) is 14.8 Å². The standard InChI is InChI=1S/C11H10BrN3O4/c12-8-5-7(15(18)19)1-2-9(8)13-6-14-10(16)3-4-11(14)17/h1-5,13,15,18H,6H2. The number of amides is 2. The molecule has 0 spiro atoms. The van der Waals surface area contributed by atoms with Gasteiger partial charge in [-0.05, 0) is 22.0 Å². The van der Waals surface area contributed by atoms with Crippen LogP contribution >= 0.6 is 15.9 Å². The summed E-state index contributed by atoms with van der Waals surface area (Å²) >= 11 is 3.23. The first-order valence-electron chi connectivity index (χ1n) is 5.29. The highest BCUT2D eigenvalue weighted by atomic mass is 79.9. The van der Waals surface area contributed by atoms with Crippen molar-refractivity contribution in [2.24, 2.45) is 0 Å². The zero-order chi connectivity index (χ0) is 14.0. The molecule has 3 N–H and O–H groups in total. The Hall–Kier alpha value is -1.74. The molecule has 7 nitrogen and oxygen atoms in total.